The van der Waals surface area contributed by atoms with E-state index in [1.165, 1.54) is 23.6 Å². The number of rotatable bonds is 5. The number of sulfonamides is 1. The quantitative estimate of drug-likeness (QED) is 0.781. The van der Waals surface area contributed by atoms with Crippen molar-refractivity contribution in [3.05, 3.63) is 64.2 Å². The van der Waals surface area contributed by atoms with Gasteiger partial charge in [-0.25, -0.2) is 8.42 Å². The summed E-state index contributed by atoms with van der Waals surface area (Å²) in [6, 6.07) is 11.2. The summed E-state index contributed by atoms with van der Waals surface area (Å²) in [6.07, 6.45) is 6.26. The van der Waals surface area contributed by atoms with Gasteiger partial charge >= 0.3 is 0 Å². The van der Waals surface area contributed by atoms with Crippen molar-refractivity contribution in [3.8, 4) is 0 Å². The van der Waals surface area contributed by atoms with Crippen LogP contribution in [0.15, 0.2) is 41.3 Å². The predicted molar refractivity (Wildman–Crippen MR) is 118 cm³/mol. The first kappa shape index (κ1) is 21.1. The van der Waals surface area contributed by atoms with E-state index in [1.54, 1.807) is 23.4 Å². The van der Waals surface area contributed by atoms with Crippen LogP contribution in [0.25, 0.3) is 0 Å². The van der Waals surface area contributed by atoms with E-state index in [4.69, 9.17) is 0 Å². The number of fused-ring (bicyclic) bond motifs is 1. The van der Waals surface area contributed by atoms with E-state index < -0.39 is 10.0 Å². The molecule has 1 saturated heterocycles. The number of aryl methyl sites for hydroxylation is 3. The molecule has 1 heterocycles. The van der Waals surface area contributed by atoms with Crippen LogP contribution >= 0.6 is 0 Å². The molecule has 5 nitrogen and oxygen atoms in total. The van der Waals surface area contributed by atoms with Gasteiger partial charge in [-0.05, 0) is 80.3 Å². The molecule has 2 aliphatic rings. The largest absolute Gasteiger partial charge is 0.346 e. The highest BCUT2D eigenvalue weighted by Gasteiger charge is 2.28. The van der Waals surface area contributed by atoms with Crippen molar-refractivity contribution in [2.24, 2.45) is 0 Å². The zero-order valence-electron chi connectivity index (χ0n) is 17.8. The van der Waals surface area contributed by atoms with Gasteiger partial charge in [0.25, 0.3) is 5.91 Å². The molecule has 0 aromatic heterocycles. The second-order valence-corrected chi connectivity index (χ2v) is 10.4. The van der Waals surface area contributed by atoms with Gasteiger partial charge in [0.1, 0.15) is 0 Å². The van der Waals surface area contributed by atoms with E-state index in [0.29, 0.717) is 24.2 Å². The smallest absolute Gasteiger partial charge is 0.251 e. The van der Waals surface area contributed by atoms with Gasteiger partial charge in [-0.3, -0.25) is 4.79 Å². The van der Waals surface area contributed by atoms with Crippen molar-refractivity contribution < 1.29 is 13.2 Å². The first-order valence-corrected chi connectivity index (χ1v) is 12.3. The first-order chi connectivity index (χ1) is 14.4. The Balaban J connectivity index is 1.54. The molecule has 1 N–H and O–H groups in total. The number of hydrogen-bond donors (Lipinski definition) is 1. The van der Waals surface area contributed by atoms with Crippen LogP contribution in [0.2, 0.25) is 0 Å². The van der Waals surface area contributed by atoms with Crippen LogP contribution in [0, 0.1) is 6.92 Å². The number of benzene rings is 2. The van der Waals surface area contributed by atoms with Gasteiger partial charge in [-0.2, -0.15) is 4.31 Å². The lowest BCUT2D eigenvalue weighted by atomic mass is 10.0. The molecule has 1 atom stereocenters. The monoisotopic (exact) mass is 426 g/mol. The van der Waals surface area contributed by atoms with Crippen molar-refractivity contribution in [3.63, 3.8) is 0 Å². The molecule has 1 fully saturated rings. The molecule has 2 aromatic rings. The Morgan fingerprint density at radius 2 is 1.70 bits per heavy atom. The van der Waals surface area contributed by atoms with E-state index in [1.807, 2.05) is 6.92 Å². The van der Waals surface area contributed by atoms with E-state index in [0.717, 1.165) is 37.7 Å². The van der Waals surface area contributed by atoms with Crippen LogP contribution in [0.4, 0.5) is 0 Å². The van der Waals surface area contributed by atoms with E-state index in [2.05, 4.69) is 23.5 Å². The van der Waals surface area contributed by atoms with E-state index in [9.17, 15) is 13.2 Å². The summed E-state index contributed by atoms with van der Waals surface area (Å²) >= 11 is 0. The van der Waals surface area contributed by atoms with Gasteiger partial charge in [-0.1, -0.05) is 30.7 Å². The summed E-state index contributed by atoms with van der Waals surface area (Å²) in [5, 5.41) is 3.03. The molecular formula is C24H30N2O3S. The average Bonchev–Trinajstić information content (AvgIpc) is 3.22. The third-order valence-electron chi connectivity index (χ3n) is 6.35. The first-order valence-electron chi connectivity index (χ1n) is 10.9. The molecule has 0 saturated carbocycles. The zero-order chi connectivity index (χ0) is 21.3. The number of nitrogens with zero attached hydrogens (tertiary/aromatic N) is 1. The number of carbonyl (C=O) groups is 1. The van der Waals surface area contributed by atoms with Gasteiger partial charge in [0.2, 0.25) is 10.0 Å². The van der Waals surface area contributed by atoms with Crippen molar-refractivity contribution in [1.82, 2.24) is 9.62 Å². The third kappa shape index (κ3) is 4.16. The van der Waals surface area contributed by atoms with Crippen LogP contribution in [-0.2, 0) is 22.9 Å². The fourth-order valence-electron chi connectivity index (χ4n) is 4.49. The Morgan fingerprint density at radius 1 is 0.967 bits per heavy atom. The van der Waals surface area contributed by atoms with E-state index >= 15 is 0 Å². The van der Waals surface area contributed by atoms with Crippen molar-refractivity contribution in [2.75, 3.05) is 13.1 Å². The molecule has 1 amide bonds. The summed E-state index contributed by atoms with van der Waals surface area (Å²) in [5.74, 6) is -0.252. The molecule has 2 aromatic carbocycles. The van der Waals surface area contributed by atoms with Crippen LogP contribution in [0.3, 0.4) is 0 Å². The van der Waals surface area contributed by atoms with Gasteiger partial charge in [0.05, 0.1) is 10.9 Å². The van der Waals surface area contributed by atoms with Crippen molar-refractivity contribution in [2.45, 2.75) is 63.3 Å². The maximum atomic E-state index is 13.1. The number of carbonyl (C=O) groups excluding carboxylic acids is 1. The summed E-state index contributed by atoms with van der Waals surface area (Å²) in [4.78, 5) is 13.1. The summed E-state index contributed by atoms with van der Waals surface area (Å²) in [7, 11) is -3.58. The van der Waals surface area contributed by atoms with Crippen LogP contribution < -0.4 is 5.32 Å². The number of nitrogens with one attached hydrogen (secondary N) is 1. The summed E-state index contributed by atoms with van der Waals surface area (Å²) in [6.45, 7) is 4.85. The molecule has 0 bridgehead atoms. The predicted octanol–water partition coefficient (Wildman–Crippen LogP) is 4.15. The minimum atomic E-state index is -3.58. The Labute approximate surface area is 179 Å². The van der Waals surface area contributed by atoms with Gasteiger partial charge < -0.3 is 5.32 Å². The molecule has 1 aliphatic carbocycles. The number of amides is 1. The fraction of sp³-hybridized carbons (Fsp3) is 0.458. The molecule has 0 spiro atoms. The fourth-order valence-corrected chi connectivity index (χ4v) is 6.26. The van der Waals surface area contributed by atoms with Gasteiger partial charge in [0.15, 0.2) is 0 Å². The lowest BCUT2D eigenvalue weighted by molar-refractivity contribution is 0.0939. The van der Waals surface area contributed by atoms with Crippen molar-refractivity contribution in [1.29, 1.82) is 0 Å². The Hall–Kier alpha value is -2.18. The Morgan fingerprint density at radius 3 is 2.47 bits per heavy atom. The van der Waals surface area contributed by atoms with Crippen LogP contribution in [-0.4, -0.2) is 31.7 Å². The standard InChI is InChI=1S/C24H30N2O3S/c1-17-9-10-22(16-23(17)30(28,29)26-13-4-3-5-14-26)24(27)25-18(2)20-12-11-19-7-6-8-21(19)15-20/h9-12,15-16,18H,3-8,13-14H2,1-2H3,(H,25,27). The Bertz CT molecular complexity index is 1060. The topological polar surface area (TPSA) is 66.5 Å². The molecule has 0 radical (unpaired) electrons. The lowest BCUT2D eigenvalue weighted by Gasteiger charge is -2.26. The second kappa shape index (κ2) is 8.52. The molecule has 4 rings (SSSR count). The second-order valence-electron chi connectivity index (χ2n) is 8.52. The van der Waals surface area contributed by atoms with Crippen LogP contribution in [0.5, 0.6) is 0 Å². The number of hydrogen-bond acceptors (Lipinski definition) is 3. The summed E-state index contributed by atoms with van der Waals surface area (Å²) < 4.78 is 27.8. The SMILES string of the molecule is Cc1ccc(C(=O)NC(C)c2ccc3c(c2)CCC3)cc1S(=O)(=O)N1CCCCC1. The highest BCUT2D eigenvalue weighted by Crippen LogP contribution is 2.27. The van der Waals surface area contributed by atoms with E-state index in [-0.39, 0.29) is 16.8 Å². The van der Waals surface area contributed by atoms with Crippen molar-refractivity contribution >= 4 is 15.9 Å². The molecular weight excluding hydrogens is 396 g/mol. The van der Waals surface area contributed by atoms with Gasteiger partial charge in [0, 0.05) is 18.7 Å². The third-order valence-corrected chi connectivity index (χ3v) is 8.39. The summed E-state index contributed by atoms with van der Waals surface area (Å²) in [5.41, 5.74) is 4.91. The van der Waals surface area contributed by atoms with Crippen LogP contribution in [0.1, 0.15) is 71.3 Å². The molecule has 1 aliphatic heterocycles. The minimum absolute atomic E-state index is 0.146. The highest BCUT2D eigenvalue weighted by molar-refractivity contribution is 7.89. The maximum Gasteiger partial charge on any atom is 0.251 e. The van der Waals surface area contributed by atoms with Gasteiger partial charge in [-0.15, -0.1) is 0 Å². The highest BCUT2D eigenvalue weighted by atomic mass is 32.2. The Kier molecular flexibility index (Phi) is 5.98. The molecule has 6 heteroatoms. The minimum Gasteiger partial charge on any atom is -0.346 e. The lowest BCUT2D eigenvalue weighted by Crippen LogP contribution is -2.36. The zero-order valence-corrected chi connectivity index (χ0v) is 18.6. The molecule has 160 valence electrons. The average molecular weight is 427 g/mol. The maximum absolute atomic E-state index is 13.1. The number of piperidine rings is 1. The molecule has 30 heavy (non-hydrogen) atoms. The normalized spacial score (nSPS) is 18.1. The molecule has 1 unspecified atom stereocenters.